The van der Waals surface area contributed by atoms with Gasteiger partial charge in [0.2, 0.25) is 0 Å². The summed E-state index contributed by atoms with van der Waals surface area (Å²) in [6, 6.07) is 20.0. The molecule has 0 spiro atoms. The van der Waals surface area contributed by atoms with Gasteiger partial charge in [-0.1, -0.05) is 36.4 Å². The standard InChI is InChI=1S/C29H30N4/c1-7-15-32(16-8-1)24-19-25(33-17-9-2-10-18-33)27-21-12-4-6-14-23(21)31-29(27)28-26(24)20-11-3-5-13-22(20)30-28/h3-6,11-14,19,30H,1-2,7-10,15-18H2. The van der Waals surface area contributed by atoms with E-state index >= 15 is 0 Å². The quantitative estimate of drug-likeness (QED) is 0.326. The number of nitrogens with zero attached hydrogens (tertiary/aromatic N) is 3. The van der Waals surface area contributed by atoms with Crippen LogP contribution in [0.2, 0.25) is 0 Å². The molecule has 3 aromatic rings. The second-order valence-corrected chi connectivity index (χ2v) is 9.78. The van der Waals surface area contributed by atoms with E-state index in [1.165, 1.54) is 82.7 Å². The highest BCUT2D eigenvalue weighted by Crippen LogP contribution is 2.47. The molecule has 4 aliphatic rings. The Labute approximate surface area is 194 Å². The number of piperidine rings is 2. The van der Waals surface area contributed by atoms with Crippen LogP contribution >= 0.6 is 0 Å². The van der Waals surface area contributed by atoms with Crippen LogP contribution in [0.1, 0.15) is 38.5 Å². The molecule has 33 heavy (non-hydrogen) atoms. The molecule has 7 rings (SSSR count). The summed E-state index contributed by atoms with van der Waals surface area (Å²) in [6.07, 6.45) is 7.76. The number of para-hydroxylation sites is 2. The van der Waals surface area contributed by atoms with Crippen LogP contribution < -0.4 is 9.80 Å². The topological polar surface area (TPSA) is 35.2 Å². The Hall–Kier alpha value is -3.27. The molecule has 4 heterocycles. The van der Waals surface area contributed by atoms with Gasteiger partial charge in [-0.3, -0.25) is 0 Å². The van der Waals surface area contributed by atoms with E-state index in [-0.39, 0.29) is 0 Å². The Morgan fingerprint density at radius 2 is 1.30 bits per heavy atom. The van der Waals surface area contributed by atoms with Crippen LogP contribution in [-0.2, 0) is 0 Å². The maximum absolute atomic E-state index is 5.24. The molecule has 0 unspecified atom stereocenters. The Bertz CT molecular complexity index is 1440. The molecule has 2 fully saturated rings. The average Bonchev–Trinajstić information content (AvgIpc) is 3.41. The number of aromatic nitrogens is 2. The van der Waals surface area contributed by atoms with Gasteiger partial charge in [0.1, 0.15) is 0 Å². The molecular formula is C29H30N4. The predicted molar refractivity (Wildman–Crippen MR) is 140 cm³/mol. The Kier molecular flexibility index (Phi) is 4.46. The summed E-state index contributed by atoms with van der Waals surface area (Å²) in [5.74, 6) is 0. The van der Waals surface area contributed by atoms with Crippen LogP contribution in [0.5, 0.6) is 0 Å². The Balaban J connectivity index is 1.65. The number of aromatic amines is 1. The van der Waals surface area contributed by atoms with Crippen LogP contribution in [0.4, 0.5) is 11.4 Å². The van der Waals surface area contributed by atoms with Gasteiger partial charge in [-0.15, -0.1) is 0 Å². The minimum absolute atomic E-state index is 1.09. The molecule has 0 bridgehead atoms. The second-order valence-electron chi connectivity index (χ2n) is 9.78. The molecule has 0 amide bonds. The number of benzene rings is 2. The van der Waals surface area contributed by atoms with Crippen molar-refractivity contribution in [1.82, 2.24) is 9.97 Å². The first kappa shape index (κ1) is 19.2. The van der Waals surface area contributed by atoms with E-state index in [2.05, 4.69) is 69.4 Å². The van der Waals surface area contributed by atoms with Crippen molar-refractivity contribution in [2.24, 2.45) is 0 Å². The summed E-state index contributed by atoms with van der Waals surface area (Å²) in [6.45, 7) is 4.53. The first-order valence-corrected chi connectivity index (χ1v) is 12.6. The van der Waals surface area contributed by atoms with Gasteiger partial charge in [-0.05, 0) is 56.7 Å². The van der Waals surface area contributed by atoms with Gasteiger partial charge in [0.05, 0.1) is 16.7 Å². The largest absolute Gasteiger partial charge is 0.371 e. The van der Waals surface area contributed by atoms with E-state index in [4.69, 9.17) is 4.98 Å². The van der Waals surface area contributed by atoms with E-state index in [1.54, 1.807) is 0 Å². The SMILES string of the molecule is c1ccc2c3c(N4CCCCC4)cc(N4CCCCC4)c4c([nH]c5ccccc54)c-3nc2c1. The lowest BCUT2D eigenvalue weighted by Crippen LogP contribution is -2.31. The van der Waals surface area contributed by atoms with E-state index in [0.717, 1.165) is 37.4 Å². The Morgan fingerprint density at radius 1 is 0.667 bits per heavy atom. The molecular weight excluding hydrogens is 404 g/mol. The van der Waals surface area contributed by atoms with Crippen molar-refractivity contribution in [2.45, 2.75) is 38.5 Å². The molecule has 4 nitrogen and oxygen atoms in total. The normalized spacial score (nSPS) is 17.6. The molecule has 1 N–H and O–H groups in total. The third-order valence-corrected chi connectivity index (χ3v) is 7.76. The van der Waals surface area contributed by atoms with E-state index in [1.807, 2.05) is 0 Å². The number of hydrogen-bond donors (Lipinski definition) is 1. The van der Waals surface area contributed by atoms with Crippen molar-refractivity contribution >= 4 is 44.1 Å². The van der Waals surface area contributed by atoms with Gasteiger partial charge in [-0.25, -0.2) is 4.98 Å². The van der Waals surface area contributed by atoms with E-state index < -0.39 is 0 Å². The number of H-pyrrole nitrogens is 1. The summed E-state index contributed by atoms with van der Waals surface area (Å²) >= 11 is 0. The number of anilines is 2. The van der Waals surface area contributed by atoms with E-state index in [0.29, 0.717) is 0 Å². The maximum Gasteiger partial charge on any atom is 0.0979 e. The van der Waals surface area contributed by atoms with Crippen LogP contribution in [0.15, 0.2) is 54.6 Å². The fourth-order valence-electron chi connectivity index (χ4n) is 6.15. The van der Waals surface area contributed by atoms with Crippen LogP contribution in [0, 0.1) is 0 Å². The highest BCUT2D eigenvalue weighted by Gasteiger charge is 2.27. The molecule has 0 saturated carbocycles. The zero-order chi connectivity index (χ0) is 21.8. The van der Waals surface area contributed by atoms with Gasteiger partial charge in [0.15, 0.2) is 0 Å². The van der Waals surface area contributed by atoms with Gasteiger partial charge >= 0.3 is 0 Å². The molecule has 2 saturated heterocycles. The van der Waals surface area contributed by atoms with Gasteiger partial charge in [-0.2, -0.15) is 0 Å². The van der Waals surface area contributed by atoms with Crippen LogP contribution in [0.25, 0.3) is 44.0 Å². The van der Waals surface area contributed by atoms with E-state index in [9.17, 15) is 0 Å². The van der Waals surface area contributed by atoms with Crippen LogP contribution in [0.3, 0.4) is 0 Å². The smallest absolute Gasteiger partial charge is 0.0979 e. The van der Waals surface area contributed by atoms with Crippen molar-refractivity contribution in [3.05, 3.63) is 54.6 Å². The summed E-state index contributed by atoms with van der Waals surface area (Å²) in [5, 5.41) is 3.92. The molecule has 1 aliphatic carbocycles. The van der Waals surface area contributed by atoms with Gasteiger partial charge in [0, 0.05) is 64.8 Å². The molecule has 2 aromatic carbocycles. The number of hydrogen-bond acceptors (Lipinski definition) is 3. The molecule has 166 valence electrons. The lowest BCUT2D eigenvalue weighted by Gasteiger charge is -2.32. The lowest BCUT2D eigenvalue weighted by molar-refractivity contribution is 0.575. The Morgan fingerprint density at radius 3 is 2.06 bits per heavy atom. The average molecular weight is 435 g/mol. The third kappa shape index (κ3) is 3.00. The first-order chi connectivity index (χ1) is 16.4. The summed E-state index contributed by atoms with van der Waals surface area (Å²) < 4.78 is 0. The lowest BCUT2D eigenvalue weighted by atomic mass is 10.0. The second kappa shape index (κ2) is 7.65. The van der Waals surface area contributed by atoms with Crippen molar-refractivity contribution in [3.8, 4) is 11.3 Å². The molecule has 1 aromatic heterocycles. The number of nitrogens with one attached hydrogen (secondary N) is 1. The van der Waals surface area contributed by atoms with Crippen molar-refractivity contribution in [2.75, 3.05) is 36.0 Å². The fraction of sp³-hybridized carbons (Fsp3) is 0.345. The first-order valence-electron chi connectivity index (χ1n) is 12.6. The number of rotatable bonds is 2. The van der Waals surface area contributed by atoms with Gasteiger partial charge in [0.25, 0.3) is 0 Å². The van der Waals surface area contributed by atoms with Crippen molar-refractivity contribution in [3.63, 3.8) is 0 Å². The summed E-state index contributed by atoms with van der Waals surface area (Å²) in [5.41, 5.74) is 8.66. The summed E-state index contributed by atoms with van der Waals surface area (Å²) in [7, 11) is 0. The number of fused-ring (bicyclic) bond motifs is 7. The molecule has 0 radical (unpaired) electrons. The maximum atomic E-state index is 5.24. The third-order valence-electron chi connectivity index (χ3n) is 7.76. The highest BCUT2D eigenvalue weighted by molar-refractivity contribution is 6.21. The van der Waals surface area contributed by atoms with Crippen LogP contribution in [-0.4, -0.2) is 36.1 Å². The fourth-order valence-corrected chi connectivity index (χ4v) is 6.15. The molecule has 3 aliphatic heterocycles. The predicted octanol–water partition coefficient (Wildman–Crippen LogP) is 6.95. The minimum Gasteiger partial charge on any atom is -0.371 e. The highest BCUT2D eigenvalue weighted by atomic mass is 15.2. The van der Waals surface area contributed by atoms with Crippen molar-refractivity contribution in [1.29, 1.82) is 0 Å². The van der Waals surface area contributed by atoms with Gasteiger partial charge < -0.3 is 14.8 Å². The zero-order valence-electron chi connectivity index (χ0n) is 19.1. The zero-order valence-corrected chi connectivity index (χ0v) is 19.1. The molecule has 4 heteroatoms. The molecule has 0 atom stereocenters. The summed E-state index contributed by atoms with van der Waals surface area (Å²) in [4.78, 5) is 14.3. The minimum atomic E-state index is 1.09. The monoisotopic (exact) mass is 434 g/mol. The van der Waals surface area contributed by atoms with Crippen molar-refractivity contribution < 1.29 is 0 Å².